The van der Waals surface area contributed by atoms with Gasteiger partial charge >= 0.3 is 0 Å². The van der Waals surface area contributed by atoms with Crippen molar-refractivity contribution in [2.75, 3.05) is 6.54 Å². The predicted molar refractivity (Wildman–Crippen MR) is 69.9 cm³/mol. The van der Waals surface area contributed by atoms with Gasteiger partial charge in [-0.25, -0.2) is 4.98 Å². The Morgan fingerprint density at radius 1 is 1.41 bits per heavy atom. The van der Waals surface area contributed by atoms with Crippen LogP contribution < -0.4 is 5.73 Å². The molecule has 2 aromatic rings. The molecule has 4 heteroatoms. The highest BCUT2D eigenvalue weighted by atomic mass is 32.1. The molecule has 0 spiro atoms. The SMILES string of the molecule is NCC1CCc2nc(-c3ccccn3)sc2C1. The maximum absolute atomic E-state index is 5.75. The Labute approximate surface area is 105 Å². The second-order valence-electron chi connectivity index (χ2n) is 4.45. The lowest BCUT2D eigenvalue weighted by Gasteiger charge is -2.18. The fourth-order valence-electron chi connectivity index (χ4n) is 2.24. The smallest absolute Gasteiger partial charge is 0.142 e. The van der Waals surface area contributed by atoms with Gasteiger partial charge in [0.25, 0.3) is 0 Å². The molecule has 3 rings (SSSR count). The summed E-state index contributed by atoms with van der Waals surface area (Å²) in [6.45, 7) is 0.788. The minimum absolute atomic E-state index is 0.638. The minimum atomic E-state index is 0.638. The van der Waals surface area contributed by atoms with Gasteiger partial charge in [-0.15, -0.1) is 11.3 Å². The van der Waals surface area contributed by atoms with E-state index in [1.807, 2.05) is 24.4 Å². The molecule has 0 radical (unpaired) electrons. The molecule has 0 saturated carbocycles. The first kappa shape index (κ1) is 10.9. The van der Waals surface area contributed by atoms with E-state index in [0.717, 1.165) is 30.1 Å². The second kappa shape index (κ2) is 4.55. The molecule has 2 aromatic heterocycles. The Morgan fingerprint density at radius 3 is 3.12 bits per heavy atom. The normalized spacial score (nSPS) is 19.0. The van der Waals surface area contributed by atoms with Gasteiger partial charge in [-0.05, 0) is 43.9 Å². The number of hydrogen-bond acceptors (Lipinski definition) is 4. The van der Waals surface area contributed by atoms with Crippen LogP contribution in [0.3, 0.4) is 0 Å². The van der Waals surface area contributed by atoms with Gasteiger partial charge in [0.2, 0.25) is 0 Å². The average molecular weight is 245 g/mol. The zero-order chi connectivity index (χ0) is 11.7. The summed E-state index contributed by atoms with van der Waals surface area (Å²) in [6.07, 6.45) is 5.16. The molecule has 1 aliphatic carbocycles. The maximum Gasteiger partial charge on any atom is 0.142 e. The van der Waals surface area contributed by atoms with Crippen molar-refractivity contribution in [1.82, 2.24) is 9.97 Å². The molecule has 1 unspecified atom stereocenters. The second-order valence-corrected chi connectivity index (χ2v) is 5.53. The monoisotopic (exact) mass is 245 g/mol. The van der Waals surface area contributed by atoms with Crippen molar-refractivity contribution in [3.05, 3.63) is 35.0 Å². The molecule has 0 bridgehead atoms. The van der Waals surface area contributed by atoms with Crippen LogP contribution in [-0.2, 0) is 12.8 Å². The largest absolute Gasteiger partial charge is 0.330 e. The van der Waals surface area contributed by atoms with Gasteiger partial charge in [0, 0.05) is 11.1 Å². The predicted octanol–water partition coefficient (Wildman–Crippen LogP) is 2.27. The fraction of sp³-hybridized carbons (Fsp3) is 0.385. The van der Waals surface area contributed by atoms with E-state index in [1.165, 1.54) is 17.0 Å². The number of thiazole rings is 1. The summed E-state index contributed by atoms with van der Waals surface area (Å²) in [7, 11) is 0. The topological polar surface area (TPSA) is 51.8 Å². The Morgan fingerprint density at radius 2 is 2.35 bits per heavy atom. The van der Waals surface area contributed by atoms with E-state index in [-0.39, 0.29) is 0 Å². The third-order valence-corrected chi connectivity index (χ3v) is 4.40. The zero-order valence-corrected chi connectivity index (χ0v) is 10.4. The van der Waals surface area contributed by atoms with Crippen molar-refractivity contribution in [2.45, 2.75) is 19.3 Å². The van der Waals surface area contributed by atoms with Crippen molar-refractivity contribution < 1.29 is 0 Å². The summed E-state index contributed by atoms with van der Waals surface area (Å²) in [5.41, 5.74) is 8.00. The quantitative estimate of drug-likeness (QED) is 0.883. The Bertz CT molecular complexity index is 507. The van der Waals surface area contributed by atoms with Crippen molar-refractivity contribution >= 4 is 11.3 Å². The lowest BCUT2D eigenvalue weighted by molar-refractivity contribution is 0.470. The molecule has 1 atom stereocenters. The first-order valence-corrected chi connectivity index (χ1v) is 6.78. The highest BCUT2D eigenvalue weighted by Crippen LogP contribution is 2.33. The molecule has 0 amide bonds. The molecule has 17 heavy (non-hydrogen) atoms. The van der Waals surface area contributed by atoms with Crippen LogP contribution in [0.2, 0.25) is 0 Å². The van der Waals surface area contributed by atoms with E-state index in [1.54, 1.807) is 11.3 Å². The summed E-state index contributed by atoms with van der Waals surface area (Å²) in [6, 6.07) is 5.96. The summed E-state index contributed by atoms with van der Waals surface area (Å²) in [5, 5.41) is 1.05. The van der Waals surface area contributed by atoms with E-state index < -0.39 is 0 Å². The standard InChI is InChI=1S/C13H15N3S/c14-8-9-4-5-10-12(7-9)17-13(16-10)11-3-1-2-6-15-11/h1-3,6,9H,4-5,7-8,14H2. The van der Waals surface area contributed by atoms with Crippen LogP contribution in [0.4, 0.5) is 0 Å². The van der Waals surface area contributed by atoms with Gasteiger partial charge in [0.15, 0.2) is 0 Å². The van der Waals surface area contributed by atoms with E-state index in [2.05, 4.69) is 4.98 Å². The average Bonchev–Trinajstić information content (AvgIpc) is 2.82. The molecule has 0 aliphatic heterocycles. The van der Waals surface area contributed by atoms with E-state index in [4.69, 9.17) is 10.7 Å². The number of hydrogen-bond donors (Lipinski definition) is 1. The molecule has 1 aliphatic rings. The summed E-state index contributed by atoms with van der Waals surface area (Å²) in [4.78, 5) is 10.5. The summed E-state index contributed by atoms with van der Waals surface area (Å²) < 4.78 is 0. The van der Waals surface area contributed by atoms with E-state index in [0.29, 0.717) is 5.92 Å². The molecule has 2 heterocycles. The van der Waals surface area contributed by atoms with Gasteiger partial charge in [-0.1, -0.05) is 6.07 Å². The number of nitrogens with two attached hydrogens (primary N) is 1. The molecule has 0 saturated heterocycles. The molecular weight excluding hydrogens is 230 g/mol. The summed E-state index contributed by atoms with van der Waals surface area (Å²) >= 11 is 1.78. The fourth-order valence-corrected chi connectivity index (χ4v) is 3.44. The van der Waals surface area contributed by atoms with Gasteiger partial charge in [-0.3, -0.25) is 4.98 Å². The molecule has 3 nitrogen and oxygen atoms in total. The lowest BCUT2D eigenvalue weighted by Crippen LogP contribution is -2.21. The van der Waals surface area contributed by atoms with Crippen LogP contribution in [0.15, 0.2) is 24.4 Å². The van der Waals surface area contributed by atoms with Crippen molar-refractivity contribution in [3.8, 4) is 10.7 Å². The highest BCUT2D eigenvalue weighted by molar-refractivity contribution is 7.15. The first-order chi connectivity index (χ1) is 8.36. The van der Waals surface area contributed by atoms with E-state index >= 15 is 0 Å². The summed E-state index contributed by atoms with van der Waals surface area (Å²) in [5.74, 6) is 0.638. The molecular formula is C13H15N3S. The minimum Gasteiger partial charge on any atom is -0.330 e. The molecule has 88 valence electrons. The Kier molecular flexibility index (Phi) is 2.91. The third kappa shape index (κ3) is 2.10. The van der Waals surface area contributed by atoms with Crippen LogP contribution in [0, 0.1) is 5.92 Å². The van der Waals surface area contributed by atoms with Gasteiger partial charge < -0.3 is 5.73 Å². The molecule has 2 N–H and O–H groups in total. The van der Waals surface area contributed by atoms with Crippen LogP contribution in [0.5, 0.6) is 0 Å². The Hall–Kier alpha value is -1.26. The number of aromatic nitrogens is 2. The molecule has 0 aromatic carbocycles. The Balaban J connectivity index is 1.93. The van der Waals surface area contributed by atoms with Crippen LogP contribution in [0.1, 0.15) is 17.0 Å². The number of pyridine rings is 1. The first-order valence-electron chi connectivity index (χ1n) is 5.97. The van der Waals surface area contributed by atoms with Crippen molar-refractivity contribution in [2.24, 2.45) is 11.7 Å². The van der Waals surface area contributed by atoms with Gasteiger partial charge in [0.1, 0.15) is 5.01 Å². The third-order valence-electron chi connectivity index (χ3n) is 3.26. The van der Waals surface area contributed by atoms with Crippen LogP contribution in [0.25, 0.3) is 10.7 Å². The molecule has 0 fully saturated rings. The van der Waals surface area contributed by atoms with Gasteiger partial charge in [-0.2, -0.15) is 0 Å². The zero-order valence-electron chi connectivity index (χ0n) is 9.60. The van der Waals surface area contributed by atoms with Crippen molar-refractivity contribution in [1.29, 1.82) is 0 Å². The highest BCUT2D eigenvalue weighted by Gasteiger charge is 2.22. The van der Waals surface area contributed by atoms with Crippen LogP contribution in [-0.4, -0.2) is 16.5 Å². The lowest BCUT2D eigenvalue weighted by atomic mass is 9.91. The number of nitrogens with zero attached hydrogens (tertiary/aromatic N) is 2. The van der Waals surface area contributed by atoms with E-state index in [9.17, 15) is 0 Å². The number of aryl methyl sites for hydroxylation is 1. The van der Waals surface area contributed by atoms with Crippen LogP contribution >= 0.6 is 11.3 Å². The van der Waals surface area contributed by atoms with Gasteiger partial charge in [0.05, 0.1) is 11.4 Å². The number of rotatable bonds is 2. The number of fused-ring (bicyclic) bond motifs is 1. The van der Waals surface area contributed by atoms with Crippen molar-refractivity contribution in [3.63, 3.8) is 0 Å². The maximum atomic E-state index is 5.75.